The summed E-state index contributed by atoms with van der Waals surface area (Å²) in [5.74, 6) is 0. The molecule has 0 aliphatic carbocycles. The van der Waals surface area contributed by atoms with Crippen molar-refractivity contribution in [3.05, 3.63) is 60.3 Å². The molecule has 0 fully saturated rings. The summed E-state index contributed by atoms with van der Waals surface area (Å²) in [6.45, 7) is 1.91. The minimum absolute atomic E-state index is 0.210. The van der Waals surface area contributed by atoms with Crippen LogP contribution in [0.15, 0.2) is 48.9 Å². The van der Waals surface area contributed by atoms with Crippen molar-refractivity contribution in [1.82, 2.24) is 25.0 Å². The second kappa shape index (κ2) is 5.51. The Bertz CT molecular complexity index is 773. The Morgan fingerprint density at radius 1 is 1.19 bits per heavy atom. The summed E-state index contributed by atoms with van der Waals surface area (Å²) in [5, 5.41) is 17.7. The van der Waals surface area contributed by atoms with E-state index in [-0.39, 0.29) is 6.04 Å². The van der Waals surface area contributed by atoms with Gasteiger partial charge in [0, 0.05) is 18.0 Å². The van der Waals surface area contributed by atoms with Crippen molar-refractivity contribution in [3.63, 3.8) is 0 Å². The monoisotopic (exact) mass is 276 g/mol. The summed E-state index contributed by atoms with van der Waals surface area (Å²) < 4.78 is 1.58. The average molecular weight is 276 g/mol. The van der Waals surface area contributed by atoms with Crippen LogP contribution in [-0.2, 0) is 0 Å². The zero-order chi connectivity index (χ0) is 14.7. The van der Waals surface area contributed by atoms with E-state index in [0.717, 1.165) is 11.3 Å². The first kappa shape index (κ1) is 12.9. The molecule has 3 aromatic rings. The summed E-state index contributed by atoms with van der Waals surface area (Å²) in [5.41, 5.74) is 2.60. The molecule has 3 rings (SSSR count). The Labute approximate surface area is 121 Å². The predicted octanol–water partition coefficient (Wildman–Crippen LogP) is 2.22. The fourth-order valence-corrected chi connectivity index (χ4v) is 2.11. The molecule has 1 atom stereocenters. The predicted molar refractivity (Wildman–Crippen MR) is 76.0 cm³/mol. The Morgan fingerprint density at radius 3 is 2.67 bits per heavy atom. The number of aromatic nitrogens is 5. The van der Waals surface area contributed by atoms with Gasteiger partial charge in [-0.3, -0.25) is 9.97 Å². The molecule has 0 aliphatic rings. The Morgan fingerprint density at radius 2 is 2.00 bits per heavy atom. The highest BCUT2D eigenvalue weighted by molar-refractivity contribution is 5.64. The van der Waals surface area contributed by atoms with Crippen LogP contribution in [0.2, 0.25) is 0 Å². The third-order valence-electron chi connectivity index (χ3n) is 3.23. The standard InChI is InChI=1S/C15H12N6/c1-11(13-10-17-7-8-18-13)21-14(9-16)15(19-20-21)12-5-3-2-4-6-12/h2-8,10-11H,1H3. The average Bonchev–Trinajstić information content (AvgIpc) is 2.99. The first-order valence-corrected chi connectivity index (χ1v) is 6.48. The maximum Gasteiger partial charge on any atom is 0.167 e. The van der Waals surface area contributed by atoms with Gasteiger partial charge in [-0.2, -0.15) is 5.26 Å². The third-order valence-corrected chi connectivity index (χ3v) is 3.23. The zero-order valence-corrected chi connectivity index (χ0v) is 11.4. The third kappa shape index (κ3) is 2.37. The van der Waals surface area contributed by atoms with Gasteiger partial charge in [0.1, 0.15) is 11.8 Å². The summed E-state index contributed by atoms with van der Waals surface area (Å²) in [7, 11) is 0. The van der Waals surface area contributed by atoms with Crippen LogP contribution in [0.4, 0.5) is 0 Å². The van der Waals surface area contributed by atoms with Gasteiger partial charge in [-0.1, -0.05) is 35.5 Å². The second-order valence-corrected chi connectivity index (χ2v) is 4.52. The quantitative estimate of drug-likeness (QED) is 0.732. The van der Waals surface area contributed by atoms with Gasteiger partial charge in [-0.25, -0.2) is 4.68 Å². The van der Waals surface area contributed by atoms with E-state index >= 15 is 0 Å². The van der Waals surface area contributed by atoms with E-state index in [1.807, 2.05) is 37.3 Å². The van der Waals surface area contributed by atoms with Gasteiger partial charge in [-0.15, -0.1) is 5.10 Å². The molecule has 0 aliphatic heterocycles. The lowest BCUT2D eigenvalue weighted by Gasteiger charge is -2.10. The molecule has 0 saturated heterocycles. The van der Waals surface area contributed by atoms with Crippen molar-refractivity contribution in [2.45, 2.75) is 13.0 Å². The minimum Gasteiger partial charge on any atom is -0.261 e. The normalized spacial score (nSPS) is 11.8. The highest BCUT2D eigenvalue weighted by atomic mass is 15.4. The van der Waals surface area contributed by atoms with Crippen molar-refractivity contribution in [1.29, 1.82) is 5.26 Å². The van der Waals surface area contributed by atoms with Crippen LogP contribution in [-0.4, -0.2) is 25.0 Å². The number of benzene rings is 1. The largest absolute Gasteiger partial charge is 0.261 e. The molecule has 0 amide bonds. The van der Waals surface area contributed by atoms with Crippen LogP contribution in [0.25, 0.3) is 11.3 Å². The van der Waals surface area contributed by atoms with E-state index in [9.17, 15) is 5.26 Å². The fourth-order valence-electron chi connectivity index (χ4n) is 2.11. The minimum atomic E-state index is -0.210. The van der Waals surface area contributed by atoms with Crippen LogP contribution < -0.4 is 0 Å². The Hall–Kier alpha value is -3.07. The molecule has 21 heavy (non-hydrogen) atoms. The van der Waals surface area contributed by atoms with Gasteiger partial charge in [0.05, 0.1) is 17.9 Å². The van der Waals surface area contributed by atoms with E-state index in [0.29, 0.717) is 11.4 Å². The van der Waals surface area contributed by atoms with Gasteiger partial charge >= 0.3 is 0 Å². The molecule has 0 spiro atoms. The Balaban J connectivity index is 2.06. The molecule has 2 heterocycles. The van der Waals surface area contributed by atoms with Gasteiger partial charge < -0.3 is 0 Å². The highest BCUT2D eigenvalue weighted by Crippen LogP contribution is 2.24. The molecule has 102 valence electrons. The highest BCUT2D eigenvalue weighted by Gasteiger charge is 2.20. The second-order valence-electron chi connectivity index (χ2n) is 4.52. The lowest BCUT2D eigenvalue weighted by Crippen LogP contribution is -2.12. The van der Waals surface area contributed by atoms with E-state index in [4.69, 9.17) is 0 Å². The molecule has 2 aromatic heterocycles. The maximum absolute atomic E-state index is 9.46. The van der Waals surface area contributed by atoms with Crippen LogP contribution >= 0.6 is 0 Å². The van der Waals surface area contributed by atoms with E-state index in [1.165, 1.54) is 0 Å². The van der Waals surface area contributed by atoms with Crippen LogP contribution in [0, 0.1) is 11.3 Å². The molecule has 6 heteroatoms. The fraction of sp³-hybridized carbons (Fsp3) is 0.133. The Kier molecular flexibility index (Phi) is 3.39. The topological polar surface area (TPSA) is 80.3 Å². The van der Waals surface area contributed by atoms with Crippen LogP contribution in [0.5, 0.6) is 0 Å². The maximum atomic E-state index is 9.46. The summed E-state index contributed by atoms with van der Waals surface area (Å²) >= 11 is 0. The van der Waals surface area contributed by atoms with Crippen molar-refractivity contribution < 1.29 is 0 Å². The van der Waals surface area contributed by atoms with Crippen molar-refractivity contribution in [2.24, 2.45) is 0 Å². The van der Waals surface area contributed by atoms with Gasteiger partial charge in [0.25, 0.3) is 0 Å². The lowest BCUT2D eigenvalue weighted by atomic mass is 10.1. The molecule has 0 bridgehead atoms. The van der Waals surface area contributed by atoms with Crippen LogP contribution in [0.1, 0.15) is 24.4 Å². The molecular formula is C15H12N6. The summed E-state index contributed by atoms with van der Waals surface area (Å²) in [6, 6.07) is 11.5. The summed E-state index contributed by atoms with van der Waals surface area (Å²) in [6.07, 6.45) is 4.89. The van der Waals surface area contributed by atoms with Crippen molar-refractivity contribution >= 4 is 0 Å². The SMILES string of the molecule is CC(c1cnccn1)n1nnc(-c2ccccc2)c1C#N. The first-order chi connectivity index (χ1) is 10.3. The molecule has 1 aromatic carbocycles. The smallest absolute Gasteiger partial charge is 0.167 e. The van der Waals surface area contributed by atoms with Crippen LogP contribution in [0.3, 0.4) is 0 Å². The molecule has 0 radical (unpaired) electrons. The number of nitriles is 1. The number of hydrogen-bond donors (Lipinski definition) is 0. The molecule has 1 unspecified atom stereocenters. The summed E-state index contributed by atoms with van der Waals surface area (Å²) in [4.78, 5) is 8.30. The van der Waals surface area contributed by atoms with Gasteiger partial charge in [0.15, 0.2) is 5.69 Å². The lowest BCUT2D eigenvalue weighted by molar-refractivity contribution is 0.525. The molecular weight excluding hydrogens is 264 g/mol. The van der Waals surface area contributed by atoms with Crippen molar-refractivity contribution in [2.75, 3.05) is 0 Å². The van der Waals surface area contributed by atoms with Gasteiger partial charge in [0.2, 0.25) is 0 Å². The number of nitrogens with zero attached hydrogens (tertiary/aromatic N) is 6. The molecule has 6 nitrogen and oxygen atoms in total. The zero-order valence-electron chi connectivity index (χ0n) is 11.4. The molecule has 0 saturated carbocycles. The molecule has 0 N–H and O–H groups in total. The first-order valence-electron chi connectivity index (χ1n) is 6.48. The van der Waals surface area contributed by atoms with Crippen molar-refractivity contribution in [3.8, 4) is 17.3 Å². The van der Waals surface area contributed by atoms with E-state index < -0.39 is 0 Å². The van der Waals surface area contributed by atoms with E-state index in [2.05, 4.69) is 26.3 Å². The number of hydrogen-bond acceptors (Lipinski definition) is 5. The van der Waals surface area contributed by atoms with E-state index in [1.54, 1.807) is 23.3 Å². The number of rotatable bonds is 3. The van der Waals surface area contributed by atoms with Gasteiger partial charge in [-0.05, 0) is 6.92 Å².